The Hall–Kier alpha value is -3.26. The molecule has 30 heavy (non-hydrogen) atoms. The van der Waals surface area contributed by atoms with Crippen LogP contribution in [0.25, 0.3) is 0 Å². The Morgan fingerprint density at radius 2 is 2.00 bits per heavy atom. The summed E-state index contributed by atoms with van der Waals surface area (Å²) in [5.74, 6) is 1.39. The van der Waals surface area contributed by atoms with E-state index < -0.39 is 6.04 Å². The minimum Gasteiger partial charge on any atom is -0.508 e. The number of phenolic OH excluding ortho intramolecular Hbond substituents is 1. The number of allylic oxidation sites excluding steroid dienone is 1. The molecular weight excluding hydrogens is 398 g/mol. The van der Waals surface area contributed by atoms with Crippen molar-refractivity contribution in [2.75, 3.05) is 16.4 Å². The molecule has 0 radical (unpaired) electrons. The Bertz CT molecular complexity index is 1120. The molecule has 0 saturated carbocycles. The lowest BCUT2D eigenvalue weighted by Crippen LogP contribution is -2.31. The molecule has 4 rings (SSSR count). The molecule has 8 heteroatoms. The highest BCUT2D eigenvalue weighted by molar-refractivity contribution is 7.99. The maximum atomic E-state index is 13.4. The zero-order valence-electron chi connectivity index (χ0n) is 17.0. The van der Waals surface area contributed by atoms with Crippen LogP contribution in [-0.4, -0.2) is 31.5 Å². The van der Waals surface area contributed by atoms with Gasteiger partial charge in [0.15, 0.2) is 0 Å². The van der Waals surface area contributed by atoms with Crippen molar-refractivity contribution in [1.82, 2.24) is 14.8 Å². The molecule has 7 nitrogen and oxygen atoms in total. The highest BCUT2D eigenvalue weighted by Crippen LogP contribution is 2.37. The lowest BCUT2D eigenvalue weighted by molar-refractivity contribution is -0.113. The molecule has 3 aromatic rings. The number of rotatable bonds is 5. The van der Waals surface area contributed by atoms with E-state index in [4.69, 9.17) is 0 Å². The average Bonchev–Trinajstić information content (AvgIpc) is 3.10. The largest absolute Gasteiger partial charge is 0.508 e. The molecule has 0 fully saturated rings. The smallest absolute Gasteiger partial charge is 0.255 e. The van der Waals surface area contributed by atoms with Crippen molar-refractivity contribution in [3.05, 3.63) is 70.9 Å². The number of fused-ring (bicyclic) bond motifs is 1. The molecule has 2 heterocycles. The van der Waals surface area contributed by atoms with Crippen molar-refractivity contribution in [3.8, 4) is 5.75 Å². The van der Waals surface area contributed by atoms with Crippen LogP contribution >= 0.6 is 11.8 Å². The molecule has 1 atom stereocenters. The number of carbonyl (C=O) groups is 1. The number of phenols is 1. The normalized spacial score (nSPS) is 15.5. The van der Waals surface area contributed by atoms with Crippen molar-refractivity contribution in [1.29, 1.82) is 0 Å². The Labute approximate surface area is 179 Å². The zero-order chi connectivity index (χ0) is 21.3. The van der Waals surface area contributed by atoms with Gasteiger partial charge in [-0.25, -0.2) is 4.68 Å². The van der Waals surface area contributed by atoms with Crippen molar-refractivity contribution < 1.29 is 9.90 Å². The fraction of sp³-hybridized carbons (Fsp3) is 0.227. The second-order valence-corrected chi connectivity index (χ2v) is 8.31. The van der Waals surface area contributed by atoms with Gasteiger partial charge in [0, 0.05) is 11.4 Å². The maximum Gasteiger partial charge on any atom is 0.255 e. The van der Waals surface area contributed by atoms with Gasteiger partial charge >= 0.3 is 0 Å². The number of aromatic hydroxyl groups is 1. The van der Waals surface area contributed by atoms with Crippen LogP contribution in [0.4, 0.5) is 11.6 Å². The molecule has 0 aliphatic carbocycles. The number of nitrogens with one attached hydrogen (secondary N) is 2. The summed E-state index contributed by atoms with van der Waals surface area (Å²) in [5, 5.41) is 21.2. The standard InChI is InChI=1S/C22H23N5O2S/c1-4-30-22-25-21-23-14(3)18(20(29)24-16-7-5-6-13(2)12-16)19(27(21)26-22)15-8-10-17(28)11-9-15/h5-12,19,28H,4H2,1-3H3,(H,24,29)(H,23,25,26). The SMILES string of the molecule is CCSc1nc2n(n1)C(c1ccc(O)cc1)C(C(=O)Nc1cccc(C)c1)=C(C)N2. The van der Waals surface area contributed by atoms with E-state index in [9.17, 15) is 9.90 Å². The molecule has 1 amide bonds. The van der Waals surface area contributed by atoms with Crippen molar-refractivity contribution in [2.45, 2.75) is 32.0 Å². The summed E-state index contributed by atoms with van der Waals surface area (Å²) in [6.45, 7) is 5.89. The fourth-order valence-corrected chi connectivity index (χ4v) is 4.06. The van der Waals surface area contributed by atoms with Crippen molar-refractivity contribution >= 4 is 29.3 Å². The molecule has 1 aliphatic rings. The van der Waals surface area contributed by atoms with Crippen LogP contribution in [0.15, 0.2) is 65.0 Å². The quantitative estimate of drug-likeness (QED) is 0.531. The number of aryl methyl sites for hydroxylation is 1. The highest BCUT2D eigenvalue weighted by atomic mass is 32.2. The molecule has 0 bridgehead atoms. The predicted octanol–water partition coefficient (Wildman–Crippen LogP) is 4.33. The minimum absolute atomic E-state index is 0.167. The topological polar surface area (TPSA) is 92.1 Å². The van der Waals surface area contributed by atoms with Crippen LogP contribution in [-0.2, 0) is 4.79 Å². The van der Waals surface area contributed by atoms with Gasteiger partial charge in [0.05, 0.1) is 5.57 Å². The van der Waals surface area contributed by atoms with Crippen molar-refractivity contribution in [3.63, 3.8) is 0 Å². The molecular formula is C22H23N5O2S. The van der Waals surface area contributed by atoms with E-state index in [0.29, 0.717) is 22.4 Å². The van der Waals surface area contributed by atoms with Crippen molar-refractivity contribution in [2.24, 2.45) is 0 Å². The van der Waals surface area contributed by atoms with Gasteiger partial charge in [-0.1, -0.05) is 43.0 Å². The first-order valence-electron chi connectivity index (χ1n) is 9.70. The summed E-state index contributed by atoms with van der Waals surface area (Å²) in [6.07, 6.45) is 0. The first kappa shape index (κ1) is 20.0. The first-order chi connectivity index (χ1) is 14.5. The van der Waals surface area contributed by atoms with E-state index in [2.05, 4.69) is 20.7 Å². The number of hydrogen-bond donors (Lipinski definition) is 3. The van der Waals surface area contributed by atoms with Gasteiger partial charge in [-0.3, -0.25) is 4.79 Å². The third-order valence-corrected chi connectivity index (χ3v) is 5.56. The molecule has 1 aromatic heterocycles. The Balaban J connectivity index is 1.77. The second-order valence-electron chi connectivity index (χ2n) is 7.08. The van der Waals surface area contributed by atoms with Gasteiger partial charge in [0.25, 0.3) is 5.91 Å². The lowest BCUT2D eigenvalue weighted by atomic mass is 9.95. The van der Waals surface area contributed by atoms with Crippen LogP contribution in [0.3, 0.4) is 0 Å². The second kappa shape index (κ2) is 8.23. The molecule has 1 aliphatic heterocycles. The summed E-state index contributed by atoms with van der Waals surface area (Å²) in [4.78, 5) is 17.9. The van der Waals surface area contributed by atoms with E-state index in [0.717, 1.165) is 22.6 Å². The summed E-state index contributed by atoms with van der Waals surface area (Å²) < 4.78 is 1.74. The monoisotopic (exact) mass is 421 g/mol. The van der Waals surface area contributed by atoms with Gasteiger partial charge in [-0.05, 0) is 55.0 Å². The molecule has 3 N–H and O–H groups in total. The van der Waals surface area contributed by atoms with E-state index in [1.807, 2.05) is 45.0 Å². The van der Waals surface area contributed by atoms with Crippen LogP contribution in [0.1, 0.15) is 31.0 Å². The number of benzene rings is 2. The van der Waals surface area contributed by atoms with Gasteiger partial charge in [-0.2, -0.15) is 4.98 Å². The number of hydrogen-bond acceptors (Lipinski definition) is 6. The van der Waals surface area contributed by atoms with Gasteiger partial charge in [-0.15, -0.1) is 5.10 Å². The van der Waals surface area contributed by atoms with E-state index >= 15 is 0 Å². The zero-order valence-corrected chi connectivity index (χ0v) is 17.8. The molecule has 2 aromatic carbocycles. The highest BCUT2D eigenvalue weighted by Gasteiger charge is 2.34. The Morgan fingerprint density at radius 1 is 1.23 bits per heavy atom. The number of nitrogens with zero attached hydrogens (tertiary/aromatic N) is 3. The van der Waals surface area contributed by atoms with Gasteiger partial charge in [0.1, 0.15) is 11.8 Å². The molecule has 0 spiro atoms. The molecule has 154 valence electrons. The van der Waals surface area contributed by atoms with E-state index in [-0.39, 0.29) is 11.7 Å². The third-order valence-electron chi connectivity index (χ3n) is 4.84. The Kier molecular flexibility index (Phi) is 5.50. The van der Waals surface area contributed by atoms with Gasteiger partial charge < -0.3 is 15.7 Å². The average molecular weight is 422 g/mol. The predicted molar refractivity (Wildman–Crippen MR) is 119 cm³/mol. The van der Waals surface area contributed by atoms with Crippen LogP contribution in [0.2, 0.25) is 0 Å². The van der Waals surface area contributed by atoms with Crippen LogP contribution in [0, 0.1) is 6.92 Å². The van der Waals surface area contributed by atoms with Gasteiger partial charge in [0.2, 0.25) is 11.1 Å². The number of thioether (sulfide) groups is 1. The number of aromatic nitrogens is 3. The third kappa shape index (κ3) is 3.91. The summed E-state index contributed by atoms with van der Waals surface area (Å²) in [6, 6.07) is 14.0. The maximum absolute atomic E-state index is 13.4. The number of carbonyl (C=O) groups excluding carboxylic acids is 1. The number of anilines is 2. The van der Waals surface area contributed by atoms with Crippen LogP contribution in [0.5, 0.6) is 5.75 Å². The molecule has 0 saturated heterocycles. The minimum atomic E-state index is -0.467. The molecule has 1 unspecified atom stereocenters. The first-order valence-corrected chi connectivity index (χ1v) is 10.7. The number of amides is 1. The van der Waals surface area contributed by atoms with E-state index in [1.54, 1.807) is 40.7 Å². The van der Waals surface area contributed by atoms with E-state index in [1.165, 1.54) is 0 Å². The van der Waals surface area contributed by atoms with Crippen LogP contribution < -0.4 is 10.6 Å². The fourth-order valence-electron chi connectivity index (χ4n) is 3.50. The lowest BCUT2D eigenvalue weighted by Gasteiger charge is -2.28. The summed E-state index contributed by atoms with van der Waals surface area (Å²) in [5.41, 5.74) is 3.90. The Morgan fingerprint density at radius 3 is 2.70 bits per heavy atom. The summed E-state index contributed by atoms with van der Waals surface area (Å²) in [7, 11) is 0. The summed E-state index contributed by atoms with van der Waals surface area (Å²) >= 11 is 1.54.